The number of hydrogen-bond acceptors (Lipinski definition) is 5. The molecule has 1 aromatic carbocycles. The molecule has 0 spiro atoms. The smallest absolute Gasteiger partial charge is 0.205 e. The molecule has 2 atom stereocenters. The number of hydrogen-bond donors (Lipinski definition) is 0. The van der Waals surface area contributed by atoms with Crippen molar-refractivity contribution in [2.45, 2.75) is 35.2 Å². The molecule has 2 aliphatic heterocycles. The topological polar surface area (TPSA) is 42.2 Å². The van der Waals surface area contributed by atoms with Crippen molar-refractivity contribution in [2.75, 3.05) is 5.75 Å². The molecule has 20 heavy (non-hydrogen) atoms. The maximum absolute atomic E-state index is 8.83. The fourth-order valence-corrected chi connectivity index (χ4v) is 4.76. The minimum Gasteiger partial charge on any atom is -0.465 e. The molecule has 0 unspecified atom stereocenters. The summed E-state index contributed by atoms with van der Waals surface area (Å²) in [6, 6.07) is 9.81. The zero-order valence-corrected chi connectivity index (χ0v) is 13.0. The van der Waals surface area contributed by atoms with Crippen molar-refractivity contribution in [3.05, 3.63) is 41.7 Å². The Labute approximate surface area is 127 Å². The molecule has 2 heterocycles. The zero-order chi connectivity index (χ0) is 14.2. The molecule has 0 amide bonds. The van der Waals surface area contributed by atoms with Crippen molar-refractivity contribution in [1.82, 2.24) is 0 Å². The van der Waals surface area contributed by atoms with E-state index in [-0.39, 0.29) is 10.7 Å². The van der Waals surface area contributed by atoms with Gasteiger partial charge in [-0.15, -0.1) is 23.5 Å². The average Bonchev–Trinajstić information content (AvgIpc) is 2.75. The summed E-state index contributed by atoms with van der Waals surface area (Å²) in [6.45, 7) is 3.89. The zero-order valence-electron chi connectivity index (χ0n) is 11.3. The molecule has 0 aromatic heterocycles. The second kappa shape index (κ2) is 5.36. The Morgan fingerprint density at radius 3 is 2.80 bits per heavy atom. The van der Waals surface area contributed by atoms with Crippen LogP contribution in [0.3, 0.4) is 0 Å². The first-order chi connectivity index (χ1) is 9.57. The monoisotopic (exact) mass is 305 g/mol. The highest BCUT2D eigenvalue weighted by atomic mass is 32.2. The van der Waals surface area contributed by atoms with Crippen molar-refractivity contribution in [3.63, 3.8) is 0 Å². The van der Waals surface area contributed by atoms with E-state index in [9.17, 15) is 0 Å². The van der Waals surface area contributed by atoms with Crippen LogP contribution >= 0.6 is 23.5 Å². The summed E-state index contributed by atoms with van der Waals surface area (Å²) >= 11 is 3.63. The van der Waals surface area contributed by atoms with Gasteiger partial charge in [0.2, 0.25) is 5.79 Å². The molecule has 0 aliphatic carbocycles. The highest BCUT2D eigenvalue weighted by Crippen LogP contribution is 2.45. The van der Waals surface area contributed by atoms with E-state index in [2.05, 4.69) is 12.1 Å². The van der Waals surface area contributed by atoms with E-state index in [4.69, 9.17) is 14.7 Å². The van der Waals surface area contributed by atoms with Crippen LogP contribution in [0.15, 0.2) is 41.0 Å². The fourth-order valence-electron chi connectivity index (χ4n) is 2.23. The first kappa shape index (κ1) is 13.9. The number of thioether (sulfide) groups is 2. The van der Waals surface area contributed by atoms with Crippen LogP contribution in [-0.2, 0) is 9.47 Å². The van der Waals surface area contributed by atoms with E-state index in [0.29, 0.717) is 5.56 Å². The molecule has 5 heteroatoms. The van der Waals surface area contributed by atoms with Gasteiger partial charge in [-0.1, -0.05) is 0 Å². The predicted octanol–water partition coefficient (Wildman–Crippen LogP) is 3.76. The summed E-state index contributed by atoms with van der Waals surface area (Å²) < 4.78 is 12.1. The summed E-state index contributed by atoms with van der Waals surface area (Å²) in [5, 5.41) is 8.83. The molecule has 0 bridgehead atoms. The van der Waals surface area contributed by atoms with Crippen LogP contribution in [-0.4, -0.2) is 22.2 Å². The lowest BCUT2D eigenvalue weighted by atomic mass is 10.2. The van der Waals surface area contributed by atoms with Crippen LogP contribution in [0.4, 0.5) is 0 Å². The van der Waals surface area contributed by atoms with Crippen LogP contribution in [0.25, 0.3) is 0 Å². The number of nitriles is 1. The maximum atomic E-state index is 8.83. The normalized spacial score (nSPS) is 27.1. The van der Waals surface area contributed by atoms with E-state index in [1.54, 1.807) is 11.8 Å². The Hall–Kier alpha value is -1.09. The van der Waals surface area contributed by atoms with Gasteiger partial charge >= 0.3 is 0 Å². The lowest BCUT2D eigenvalue weighted by Gasteiger charge is -2.24. The Morgan fingerprint density at radius 2 is 2.10 bits per heavy atom. The van der Waals surface area contributed by atoms with Crippen molar-refractivity contribution in [2.24, 2.45) is 0 Å². The summed E-state index contributed by atoms with van der Waals surface area (Å²) in [5.41, 5.74) is 0.688. The van der Waals surface area contributed by atoms with Gasteiger partial charge in [-0.25, -0.2) is 0 Å². The first-order valence-electron chi connectivity index (χ1n) is 6.43. The number of rotatable bonds is 2. The SMILES string of the molecule is CC1(C)OC2=CCS[C@@H](Sc3ccc(C#N)cc3)[C@@H]2O1. The maximum Gasteiger partial charge on any atom is 0.205 e. The molecule has 0 N–H and O–H groups in total. The van der Waals surface area contributed by atoms with Gasteiger partial charge in [0.05, 0.1) is 16.2 Å². The molecule has 1 fully saturated rings. The second-order valence-corrected chi connectivity index (χ2v) is 7.79. The van der Waals surface area contributed by atoms with Crippen LogP contribution < -0.4 is 0 Å². The molecule has 3 nitrogen and oxygen atoms in total. The highest BCUT2D eigenvalue weighted by Gasteiger charge is 2.44. The number of ether oxygens (including phenoxy) is 2. The van der Waals surface area contributed by atoms with Crippen molar-refractivity contribution in [3.8, 4) is 6.07 Å². The van der Waals surface area contributed by atoms with Gasteiger partial charge in [0.15, 0.2) is 0 Å². The Morgan fingerprint density at radius 1 is 1.35 bits per heavy atom. The van der Waals surface area contributed by atoms with E-state index in [1.807, 2.05) is 49.9 Å². The lowest BCUT2D eigenvalue weighted by molar-refractivity contribution is -0.130. The summed E-state index contributed by atoms with van der Waals surface area (Å²) in [4.78, 5) is 1.15. The standard InChI is InChI=1S/C15H15NO2S2/c1-15(2)17-12-7-8-19-14(13(12)18-15)20-11-5-3-10(9-16)4-6-11/h3-7,13-14H,8H2,1-2H3/t13-,14+/m1/s1. The van der Waals surface area contributed by atoms with Gasteiger partial charge in [-0.05, 0) is 30.3 Å². The molecule has 1 saturated heterocycles. The Kier molecular flexibility index (Phi) is 3.72. The van der Waals surface area contributed by atoms with Gasteiger partial charge < -0.3 is 9.47 Å². The largest absolute Gasteiger partial charge is 0.465 e. The molecular formula is C15H15NO2S2. The van der Waals surface area contributed by atoms with Gasteiger partial charge in [0, 0.05) is 24.5 Å². The summed E-state index contributed by atoms with van der Waals surface area (Å²) in [7, 11) is 0. The quantitative estimate of drug-likeness (QED) is 0.832. The van der Waals surface area contributed by atoms with Crippen LogP contribution in [0.1, 0.15) is 19.4 Å². The second-order valence-electron chi connectivity index (χ2n) is 5.10. The van der Waals surface area contributed by atoms with Crippen molar-refractivity contribution >= 4 is 23.5 Å². The van der Waals surface area contributed by atoms with Gasteiger partial charge in [-0.3, -0.25) is 0 Å². The number of fused-ring (bicyclic) bond motifs is 1. The number of benzene rings is 1. The van der Waals surface area contributed by atoms with Crippen molar-refractivity contribution in [1.29, 1.82) is 5.26 Å². The summed E-state index contributed by atoms with van der Waals surface area (Å²) in [5.74, 6) is 1.37. The minimum atomic E-state index is -0.537. The van der Waals surface area contributed by atoms with E-state index in [0.717, 1.165) is 16.4 Å². The van der Waals surface area contributed by atoms with E-state index < -0.39 is 5.79 Å². The third-order valence-electron chi connectivity index (χ3n) is 3.08. The molecule has 3 rings (SSSR count). The Bertz CT molecular complexity index is 575. The van der Waals surface area contributed by atoms with Crippen LogP contribution in [0, 0.1) is 11.3 Å². The third-order valence-corrected chi connectivity index (χ3v) is 5.74. The van der Waals surface area contributed by atoms with E-state index in [1.165, 1.54) is 0 Å². The Balaban J connectivity index is 1.74. The van der Waals surface area contributed by atoms with Gasteiger partial charge in [0.1, 0.15) is 11.9 Å². The van der Waals surface area contributed by atoms with Crippen molar-refractivity contribution < 1.29 is 9.47 Å². The fraction of sp³-hybridized carbons (Fsp3) is 0.400. The molecule has 0 saturated carbocycles. The predicted molar refractivity (Wildman–Crippen MR) is 81.4 cm³/mol. The van der Waals surface area contributed by atoms with E-state index >= 15 is 0 Å². The third kappa shape index (κ3) is 2.83. The number of nitrogens with zero attached hydrogens (tertiary/aromatic N) is 1. The minimum absolute atomic E-state index is 0.00407. The molecular weight excluding hydrogens is 290 g/mol. The summed E-state index contributed by atoms with van der Waals surface area (Å²) in [6.07, 6.45) is 2.12. The molecule has 1 aromatic rings. The average molecular weight is 305 g/mol. The van der Waals surface area contributed by atoms with Crippen LogP contribution in [0.5, 0.6) is 0 Å². The molecule has 0 radical (unpaired) electrons. The first-order valence-corrected chi connectivity index (χ1v) is 8.35. The molecule has 104 valence electrons. The van der Waals surface area contributed by atoms with Gasteiger partial charge in [0.25, 0.3) is 0 Å². The lowest BCUT2D eigenvalue weighted by Crippen LogP contribution is -2.27. The highest BCUT2D eigenvalue weighted by molar-refractivity contribution is 8.17. The van der Waals surface area contributed by atoms with Crippen LogP contribution in [0.2, 0.25) is 0 Å². The molecule has 2 aliphatic rings. The van der Waals surface area contributed by atoms with Gasteiger partial charge in [-0.2, -0.15) is 5.26 Å².